The van der Waals surface area contributed by atoms with Crippen LogP contribution in [0.15, 0.2) is 22.7 Å². The highest BCUT2D eigenvalue weighted by atomic mass is 79.9. The SMILES string of the molecule is COc1ccc(Br)c(-c2nnnn2C(C)C(C)C(=O)O)c1. The second-order valence-corrected chi connectivity index (χ2v) is 5.51. The van der Waals surface area contributed by atoms with Crippen LogP contribution in [0.5, 0.6) is 5.75 Å². The smallest absolute Gasteiger partial charge is 0.308 e. The van der Waals surface area contributed by atoms with E-state index < -0.39 is 11.9 Å². The number of ether oxygens (including phenoxy) is 1. The van der Waals surface area contributed by atoms with Crippen LogP contribution in [0.1, 0.15) is 19.9 Å². The summed E-state index contributed by atoms with van der Waals surface area (Å²) in [5, 5.41) is 20.7. The molecule has 1 aromatic heterocycles. The van der Waals surface area contributed by atoms with E-state index in [1.165, 1.54) is 4.68 Å². The number of aromatic nitrogens is 4. The summed E-state index contributed by atoms with van der Waals surface area (Å²) in [4.78, 5) is 11.1. The largest absolute Gasteiger partial charge is 0.497 e. The van der Waals surface area contributed by atoms with Crippen LogP contribution in [-0.4, -0.2) is 38.4 Å². The van der Waals surface area contributed by atoms with Crippen molar-refractivity contribution in [3.63, 3.8) is 0 Å². The van der Waals surface area contributed by atoms with Crippen LogP contribution in [0.3, 0.4) is 0 Å². The number of benzene rings is 1. The maximum atomic E-state index is 11.1. The average Bonchev–Trinajstić information content (AvgIpc) is 2.95. The molecular weight excluding hydrogens is 340 g/mol. The zero-order valence-electron chi connectivity index (χ0n) is 11.8. The third-order valence-electron chi connectivity index (χ3n) is 3.41. The summed E-state index contributed by atoms with van der Waals surface area (Å²) in [5.41, 5.74) is 0.740. The summed E-state index contributed by atoms with van der Waals surface area (Å²) < 4.78 is 7.51. The number of aliphatic carboxylic acids is 1. The number of methoxy groups -OCH3 is 1. The van der Waals surface area contributed by atoms with E-state index in [1.54, 1.807) is 27.0 Å². The number of rotatable bonds is 5. The summed E-state index contributed by atoms with van der Waals surface area (Å²) in [6.45, 7) is 3.39. The number of tetrazole rings is 1. The number of carboxylic acids is 1. The van der Waals surface area contributed by atoms with Crippen molar-refractivity contribution in [3.05, 3.63) is 22.7 Å². The van der Waals surface area contributed by atoms with Gasteiger partial charge in [-0.1, -0.05) is 15.9 Å². The Morgan fingerprint density at radius 3 is 2.76 bits per heavy atom. The Balaban J connectivity index is 2.48. The maximum Gasteiger partial charge on any atom is 0.308 e. The van der Waals surface area contributed by atoms with Crippen LogP contribution in [0.4, 0.5) is 0 Å². The molecule has 0 amide bonds. The molecule has 1 heterocycles. The van der Waals surface area contributed by atoms with Crippen LogP contribution >= 0.6 is 15.9 Å². The first-order valence-corrected chi connectivity index (χ1v) is 7.09. The van der Waals surface area contributed by atoms with E-state index in [2.05, 4.69) is 31.5 Å². The minimum absolute atomic E-state index is 0.384. The molecule has 2 aromatic rings. The predicted octanol–water partition coefficient (Wildman–Crippen LogP) is 2.39. The molecule has 112 valence electrons. The molecule has 8 heteroatoms. The third-order valence-corrected chi connectivity index (χ3v) is 4.10. The van der Waals surface area contributed by atoms with Gasteiger partial charge in [-0.3, -0.25) is 4.79 Å². The van der Waals surface area contributed by atoms with Gasteiger partial charge < -0.3 is 9.84 Å². The second-order valence-electron chi connectivity index (χ2n) is 4.66. The first-order chi connectivity index (χ1) is 9.95. The Labute approximate surface area is 130 Å². The fourth-order valence-electron chi connectivity index (χ4n) is 1.87. The number of carbonyl (C=O) groups is 1. The molecule has 2 unspecified atom stereocenters. The van der Waals surface area contributed by atoms with Gasteiger partial charge in [-0.2, -0.15) is 0 Å². The lowest BCUT2D eigenvalue weighted by atomic mass is 10.0. The van der Waals surface area contributed by atoms with Gasteiger partial charge in [0.1, 0.15) is 5.75 Å². The van der Waals surface area contributed by atoms with Crippen LogP contribution in [0.25, 0.3) is 11.4 Å². The van der Waals surface area contributed by atoms with Crippen molar-refractivity contribution in [2.24, 2.45) is 5.92 Å². The Morgan fingerprint density at radius 2 is 2.14 bits per heavy atom. The standard InChI is InChI=1S/C13H15BrN4O3/c1-7(13(19)20)8(2)18-12(15-16-17-18)10-6-9(21-3)4-5-11(10)14/h4-8H,1-3H3,(H,19,20). The van der Waals surface area contributed by atoms with E-state index in [1.807, 2.05) is 12.1 Å². The molecule has 0 saturated heterocycles. The number of hydrogen-bond donors (Lipinski definition) is 1. The maximum absolute atomic E-state index is 11.1. The van der Waals surface area contributed by atoms with Gasteiger partial charge in [0.25, 0.3) is 0 Å². The molecule has 0 radical (unpaired) electrons. The Kier molecular flexibility index (Phi) is 4.56. The van der Waals surface area contributed by atoms with Gasteiger partial charge in [0.15, 0.2) is 5.82 Å². The summed E-state index contributed by atoms with van der Waals surface area (Å²) >= 11 is 3.45. The number of hydrogen-bond acceptors (Lipinski definition) is 5. The van der Waals surface area contributed by atoms with Crippen molar-refractivity contribution in [3.8, 4) is 17.1 Å². The zero-order chi connectivity index (χ0) is 15.6. The van der Waals surface area contributed by atoms with Gasteiger partial charge in [-0.25, -0.2) is 4.68 Å². The fraction of sp³-hybridized carbons (Fsp3) is 0.385. The molecular formula is C13H15BrN4O3. The molecule has 7 nitrogen and oxygen atoms in total. The van der Waals surface area contributed by atoms with Gasteiger partial charge in [0.05, 0.1) is 19.1 Å². The zero-order valence-corrected chi connectivity index (χ0v) is 13.4. The van der Waals surface area contributed by atoms with Crippen LogP contribution in [-0.2, 0) is 4.79 Å². The molecule has 1 aromatic carbocycles. The lowest BCUT2D eigenvalue weighted by Gasteiger charge is -2.17. The quantitative estimate of drug-likeness (QED) is 0.886. The molecule has 1 N–H and O–H groups in total. The van der Waals surface area contributed by atoms with E-state index in [-0.39, 0.29) is 6.04 Å². The van der Waals surface area contributed by atoms with Crippen molar-refractivity contribution in [2.75, 3.05) is 7.11 Å². The van der Waals surface area contributed by atoms with E-state index in [0.717, 1.165) is 10.0 Å². The van der Waals surface area contributed by atoms with Gasteiger partial charge in [-0.15, -0.1) is 5.10 Å². The van der Waals surface area contributed by atoms with E-state index >= 15 is 0 Å². The van der Waals surface area contributed by atoms with Gasteiger partial charge >= 0.3 is 5.97 Å². The summed E-state index contributed by atoms with van der Waals surface area (Å²) in [6.07, 6.45) is 0. The van der Waals surface area contributed by atoms with E-state index in [0.29, 0.717) is 11.6 Å². The minimum Gasteiger partial charge on any atom is -0.497 e. The third kappa shape index (κ3) is 3.05. The second kappa shape index (κ2) is 6.21. The predicted molar refractivity (Wildman–Crippen MR) is 79.0 cm³/mol. The first-order valence-electron chi connectivity index (χ1n) is 6.30. The number of carboxylic acid groups (broad SMARTS) is 1. The van der Waals surface area contributed by atoms with Gasteiger partial charge in [0, 0.05) is 10.0 Å². The van der Waals surface area contributed by atoms with E-state index in [4.69, 9.17) is 9.84 Å². The Hall–Kier alpha value is -1.96. The molecule has 0 saturated carbocycles. The molecule has 0 aliphatic rings. The molecule has 21 heavy (non-hydrogen) atoms. The normalized spacial score (nSPS) is 13.7. The monoisotopic (exact) mass is 354 g/mol. The molecule has 2 rings (SSSR count). The summed E-state index contributed by atoms with van der Waals surface area (Å²) in [6, 6.07) is 5.05. The fourth-order valence-corrected chi connectivity index (χ4v) is 2.29. The average molecular weight is 355 g/mol. The molecule has 0 fully saturated rings. The highest BCUT2D eigenvalue weighted by molar-refractivity contribution is 9.10. The minimum atomic E-state index is -0.895. The lowest BCUT2D eigenvalue weighted by molar-refractivity contribution is -0.142. The Morgan fingerprint density at radius 1 is 1.43 bits per heavy atom. The number of halogens is 1. The summed E-state index contributed by atoms with van der Waals surface area (Å²) in [5.74, 6) is -0.353. The van der Waals surface area contributed by atoms with Crippen LogP contribution in [0.2, 0.25) is 0 Å². The highest BCUT2D eigenvalue weighted by Gasteiger charge is 2.25. The Bertz CT molecular complexity index is 659. The van der Waals surface area contributed by atoms with Crippen molar-refractivity contribution in [1.29, 1.82) is 0 Å². The van der Waals surface area contributed by atoms with Crippen LogP contribution < -0.4 is 4.74 Å². The van der Waals surface area contributed by atoms with Crippen molar-refractivity contribution >= 4 is 21.9 Å². The summed E-state index contributed by atoms with van der Waals surface area (Å²) in [7, 11) is 1.57. The molecule has 0 aliphatic heterocycles. The first kappa shape index (κ1) is 15.4. The molecule has 0 spiro atoms. The van der Waals surface area contributed by atoms with E-state index in [9.17, 15) is 4.79 Å². The van der Waals surface area contributed by atoms with Crippen LogP contribution in [0, 0.1) is 5.92 Å². The van der Waals surface area contributed by atoms with Crippen molar-refractivity contribution in [1.82, 2.24) is 20.2 Å². The highest BCUT2D eigenvalue weighted by Crippen LogP contribution is 2.32. The molecule has 0 aliphatic carbocycles. The number of nitrogens with zero attached hydrogens (tertiary/aromatic N) is 4. The molecule has 0 bridgehead atoms. The van der Waals surface area contributed by atoms with Crippen molar-refractivity contribution in [2.45, 2.75) is 19.9 Å². The molecule has 2 atom stereocenters. The topological polar surface area (TPSA) is 90.1 Å². The van der Waals surface area contributed by atoms with Gasteiger partial charge in [-0.05, 0) is 42.5 Å². The van der Waals surface area contributed by atoms with Gasteiger partial charge in [0.2, 0.25) is 0 Å². The lowest BCUT2D eigenvalue weighted by Crippen LogP contribution is -2.23. The van der Waals surface area contributed by atoms with Crippen molar-refractivity contribution < 1.29 is 14.6 Å².